The van der Waals surface area contributed by atoms with Crippen LogP contribution in [0.3, 0.4) is 0 Å². The van der Waals surface area contributed by atoms with Gasteiger partial charge < -0.3 is 5.32 Å². The number of sulfonamides is 1. The summed E-state index contributed by atoms with van der Waals surface area (Å²) >= 11 is 7.21. The molecule has 1 aromatic carbocycles. The van der Waals surface area contributed by atoms with Crippen LogP contribution in [0.25, 0.3) is 0 Å². The van der Waals surface area contributed by atoms with Gasteiger partial charge in [0, 0.05) is 23.7 Å². The lowest BCUT2D eigenvalue weighted by Crippen LogP contribution is -2.23. The van der Waals surface area contributed by atoms with Crippen molar-refractivity contribution >= 4 is 38.6 Å². The Morgan fingerprint density at radius 3 is 2.90 bits per heavy atom. The van der Waals surface area contributed by atoms with Crippen molar-refractivity contribution in [3.8, 4) is 0 Å². The lowest BCUT2D eigenvalue weighted by atomic mass is 10.0. The first-order chi connectivity index (χ1) is 10.0. The van der Waals surface area contributed by atoms with Crippen LogP contribution in [-0.2, 0) is 23.0 Å². The monoisotopic (exact) mass is 342 g/mol. The predicted octanol–water partition coefficient (Wildman–Crippen LogP) is 3.24. The average molecular weight is 343 g/mol. The second kappa shape index (κ2) is 5.96. The van der Waals surface area contributed by atoms with Crippen LogP contribution in [0.15, 0.2) is 35.2 Å². The van der Waals surface area contributed by atoms with Crippen molar-refractivity contribution < 1.29 is 8.42 Å². The fourth-order valence-electron chi connectivity index (χ4n) is 2.30. The third kappa shape index (κ3) is 3.40. The molecule has 0 bridgehead atoms. The highest BCUT2D eigenvalue weighted by atomic mass is 35.5. The molecule has 0 saturated heterocycles. The van der Waals surface area contributed by atoms with Crippen molar-refractivity contribution in [1.29, 1.82) is 0 Å². The highest BCUT2D eigenvalue weighted by Gasteiger charge is 2.17. The number of hydrogen-bond donors (Lipinski definition) is 2. The van der Waals surface area contributed by atoms with E-state index in [4.69, 9.17) is 11.6 Å². The maximum Gasteiger partial charge on any atom is 0.240 e. The molecule has 0 saturated carbocycles. The van der Waals surface area contributed by atoms with Gasteiger partial charge in [-0.2, -0.15) is 0 Å². The van der Waals surface area contributed by atoms with Crippen LogP contribution in [0.1, 0.15) is 16.9 Å². The molecule has 112 valence electrons. The van der Waals surface area contributed by atoms with E-state index in [1.807, 2.05) is 12.1 Å². The van der Waals surface area contributed by atoms with Crippen LogP contribution < -0.4 is 10.0 Å². The summed E-state index contributed by atoms with van der Waals surface area (Å²) in [6.07, 6.45) is 2.07. The predicted molar refractivity (Wildman–Crippen MR) is 86.6 cm³/mol. The quantitative estimate of drug-likeness (QED) is 0.896. The molecule has 7 heteroatoms. The van der Waals surface area contributed by atoms with E-state index < -0.39 is 10.0 Å². The molecular weight excluding hydrogens is 328 g/mol. The van der Waals surface area contributed by atoms with Crippen LogP contribution in [-0.4, -0.2) is 15.0 Å². The molecule has 2 aromatic rings. The molecule has 0 unspecified atom stereocenters. The Hall–Kier alpha value is -1.08. The lowest BCUT2D eigenvalue weighted by molar-refractivity contribution is 0.581. The minimum atomic E-state index is -3.51. The zero-order valence-corrected chi connectivity index (χ0v) is 13.6. The van der Waals surface area contributed by atoms with Gasteiger partial charge in [0.25, 0.3) is 0 Å². The smallest absolute Gasteiger partial charge is 0.240 e. The molecular formula is C14H15ClN2O2S2. The molecule has 2 heterocycles. The molecule has 0 amide bonds. The van der Waals surface area contributed by atoms with Crippen molar-refractivity contribution in [1.82, 2.24) is 4.72 Å². The number of fused-ring (bicyclic) bond motifs is 1. The Labute approximate surface area is 133 Å². The van der Waals surface area contributed by atoms with Gasteiger partial charge in [0.2, 0.25) is 10.0 Å². The van der Waals surface area contributed by atoms with Crippen LogP contribution in [0.5, 0.6) is 0 Å². The van der Waals surface area contributed by atoms with Crippen molar-refractivity contribution in [2.24, 2.45) is 0 Å². The fourth-order valence-corrected chi connectivity index (χ4v) is 4.45. The SMILES string of the molecule is O=S(=O)(NCc1ccc(Cl)s1)c1ccc2c(c1)NCCC2. The van der Waals surface area contributed by atoms with Crippen LogP contribution in [0.2, 0.25) is 4.34 Å². The van der Waals surface area contributed by atoms with Crippen molar-refractivity contribution in [2.45, 2.75) is 24.3 Å². The van der Waals surface area contributed by atoms with E-state index >= 15 is 0 Å². The molecule has 3 rings (SSSR count). The summed E-state index contributed by atoms with van der Waals surface area (Å²) in [5.41, 5.74) is 2.09. The van der Waals surface area contributed by atoms with Crippen LogP contribution in [0, 0.1) is 0 Å². The lowest BCUT2D eigenvalue weighted by Gasteiger charge is -2.18. The Bertz CT molecular complexity index is 756. The van der Waals surface area contributed by atoms with Gasteiger partial charge in [-0.05, 0) is 42.7 Å². The summed E-state index contributed by atoms with van der Waals surface area (Å²) in [7, 11) is -3.51. The van der Waals surface area contributed by atoms with E-state index in [0.29, 0.717) is 9.23 Å². The number of rotatable bonds is 4. The summed E-state index contributed by atoms with van der Waals surface area (Å²) in [4.78, 5) is 1.18. The molecule has 21 heavy (non-hydrogen) atoms. The van der Waals surface area contributed by atoms with Gasteiger partial charge in [-0.3, -0.25) is 0 Å². The zero-order valence-electron chi connectivity index (χ0n) is 11.2. The molecule has 2 N–H and O–H groups in total. The summed E-state index contributed by atoms with van der Waals surface area (Å²) in [5, 5.41) is 3.24. The molecule has 4 nitrogen and oxygen atoms in total. The number of aryl methyl sites for hydroxylation is 1. The van der Waals surface area contributed by atoms with E-state index in [2.05, 4.69) is 10.0 Å². The van der Waals surface area contributed by atoms with E-state index in [9.17, 15) is 8.42 Å². The van der Waals surface area contributed by atoms with E-state index in [1.54, 1.807) is 18.2 Å². The molecule has 1 aliphatic heterocycles. The molecule has 1 aromatic heterocycles. The average Bonchev–Trinajstić information content (AvgIpc) is 2.90. The van der Waals surface area contributed by atoms with E-state index in [-0.39, 0.29) is 6.54 Å². The minimum absolute atomic E-state index is 0.254. The molecule has 1 aliphatic rings. The molecule has 0 radical (unpaired) electrons. The highest BCUT2D eigenvalue weighted by molar-refractivity contribution is 7.89. The first-order valence-corrected chi connectivity index (χ1v) is 9.33. The molecule has 0 fully saturated rings. The molecule has 0 atom stereocenters. The topological polar surface area (TPSA) is 58.2 Å². The van der Waals surface area contributed by atoms with Gasteiger partial charge in [0.15, 0.2) is 0 Å². The third-order valence-electron chi connectivity index (χ3n) is 3.40. The maximum absolute atomic E-state index is 12.3. The van der Waals surface area contributed by atoms with Gasteiger partial charge in [-0.25, -0.2) is 13.1 Å². The van der Waals surface area contributed by atoms with Gasteiger partial charge in [0.05, 0.1) is 9.23 Å². The number of anilines is 1. The summed E-state index contributed by atoms with van der Waals surface area (Å²) in [6.45, 7) is 1.14. The van der Waals surface area contributed by atoms with Gasteiger partial charge in [-0.15, -0.1) is 11.3 Å². The standard InChI is InChI=1S/C14H15ClN2O2S2/c15-14-6-4-11(20-14)9-17-21(18,19)12-5-3-10-2-1-7-16-13(10)8-12/h3-6,8,16-17H,1-2,7,9H2. The summed E-state index contributed by atoms with van der Waals surface area (Å²) in [6, 6.07) is 8.84. The third-order valence-corrected chi connectivity index (χ3v) is 6.03. The van der Waals surface area contributed by atoms with Gasteiger partial charge >= 0.3 is 0 Å². The first kappa shape index (κ1) is 14.8. The zero-order chi connectivity index (χ0) is 14.9. The maximum atomic E-state index is 12.3. The van der Waals surface area contributed by atoms with Gasteiger partial charge in [-0.1, -0.05) is 17.7 Å². The van der Waals surface area contributed by atoms with E-state index in [1.165, 1.54) is 16.9 Å². The van der Waals surface area contributed by atoms with E-state index in [0.717, 1.165) is 30.0 Å². The molecule has 0 spiro atoms. The largest absolute Gasteiger partial charge is 0.385 e. The Kier molecular flexibility index (Phi) is 4.21. The van der Waals surface area contributed by atoms with Gasteiger partial charge in [0.1, 0.15) is 0 Å². The normalized spacial score (nSPS) is 14.5. The second-order valence-electron chi connectivity index (χ2n) is 4.88. The summed E-state index contributed by atoms with van der Waals surface area (Å²) < 4.78 is 27.9. The fraction of sp³-hybridized carbons (Fsp3) is 0.286. The van der Waals surface area contributed by atoms with Crippen molar-refractivity contribution in [2.75, 3.05) is 11.9 Å². The Balaban J connectivity index is 1.78. The van der Waals surface area contributed by atoms with Crippen molar-refractivity contribution in [3.63, 3.8) is 0 Å². The first-order valence-electron chi connectivity index (χ1n) is 6.65. The number of hydrogen-bond acceptors (Lipinski definition) is 4. The van der Waals surface area contributed by atoms with Crippen LogP contribution in [0.4, 0.5) is 5.69 Å². The Morgan fingerprint density at radius 1 is 1.29 bits per heavy atom. The second-order valence-corrected chi connectivity index (χ2v) is 8.45. The highest BCUT2D eigenvalue weighted by Crippen LogP contribution is 2.26. The number of thiophene rings is 1. The number of halogens is 1. The van der Waals surface area contributed by atoms with Crippen LogP contribution >= 0.6 is 22.9 Å². The Morgan fingerprint density at radius 2 is 2.14 bits per heavy atom. The summed E-state index contributed by atoms with van der Waals surface area (Å²) in [5.74, 6) is 0. The van der Waals surface area contributed by atoms with Crippen molar-refractivity contribution in [3.05, 3.63) is 45.1 Å². The number of benzene rings is 1. The minimum Gasteiger partial charge on any atom is -0.385 e. The molecule has 0 aliphatic carbocycles. The number of nitrogens with one attached hydrogen (secondary N) is 2.